The van der Waals surface area contributed by atoms with E-state index in [9.17, 15) is 13.2 Å². The van der Waals surface area contributed by atoms with Crippen LogP contribution in [0.4, 0.5) is 13.2 Å². The molecule has 0 nitrogen and oxygen atoms in total. The summed E-state index contributed by atoms with van der Waals surface area (Å²) in [6.07, 6.45) is -4.45. The van der Waals surface area contributed by atoms with Crippen molar-refractivity contribution < 1.29 is 13.2 Å². The Labute approximate surface area is 134 Å². The number of halogens is 5. The average molecular weight is 376 g/mol. The van der Waals surface area contributed by atoms with Crippen molar-refractivity contribution in [2.24, 2.45) is 0 Å². The zero-order chi connectivity index (χ0) is 15.5. The maximum atomic E-state index is 13.5. The fourth-order valence-electron chi connectivity index (χ4n) is 2.05. The Morgan fingerprint density at radius 2 is 1.48 bits per heavy atom. The summed E-state index contributed by atoms with van der Waals surface area (Å²) in [6.45, 7) is 0. The van der Waals surface area contributed by atoms with Crippen LogP contribution >= 0.6 is 27.5 Å². The summed E-state index contributed by atoms with van der Waals surface area (Å²) in [4.78, 5) is 0. The Kier molecular flexibility index (Phi) is 5.12. The highest BCUT2D eigenvalue weighted by molar-refractivity contribution is 9.09. The van der Waals surface area contributed by atoms with Gasteiger partial charge in [-0.05, 0) is 28.8 Å². The summed E-state index contributed by atoms with van der Waals surface area (Å²) in [6, 6.07) is 14.2. The molecule has 0 aliphatic carbocycles. The number of hydrogen-bond acceptors (Lipinski definition) is 0. The van der Waals surface area contributed by atoms with Gasteiger partial charge in [0.15, 0.2) is 0 Å². The molecule has 0 radical (unpaired) electrons. The molecule has 0 N–H and O–H groups in total. The van der Waals surface area contributed by atoms with Crippen LogP contribution in [-0.2, 0) is 0 Å². The van der Waals surface area contributed by atoms with Gasteiger partial charge in [0, 0.05) is 10.4 Å². The van der Waals surface area contributed by atoms with Crippen molar-refractivity contribution in [3.8, 4) is 0 Å². The van der Waals surface area contributed by atoms with E-state index >= 15 is 0 Å². The molecule has 21 heavy (non-hydrogen) atoms. The Balaban J connectivity index is 2.68. The van der Waals surface area contributed by atoms with Gasteiger partial charge < -0.3 is 0 Å². The third-order valence-corrected chi connectivity index (χ3v) is 3.79. The van der Waals surface area contributed by atoms with Crippen LogP contribution < -0.4 is 0 Å². The van der Waals surface area contributed by atoms with Gasteiger partial charge in [0.2, 0.25) is 0 Å². The Morgan fingerprint density at radius 1 is 0.905 bits per heavy atom. The molecular formula is C16H11BrClF3. The van der Waals surface area contributed by atoms with E-state index in [4.69, 9.17) is 11.6 Å². The van der Waals surface area contributed by atoms with Gasteiger partial charge in [0.05, 0.1) is 5.57 Å². The highest BCUT2D eigenvalue weighted by atomic mass is 79.9. The molecular weight excluding hydrogens is 365 g/mol. The van der Waals surface area contributed by atoms with Crippen molar-refractivity contribution in [3.05, 3.63) is 70.7 Å². The predicted molar refractivity (Wildman–Crippen MR) is 84.6 cm³/mol. The zero-order valence-corrected chi connectivity index (χ0v) is 13.1. The van der Waals surface area contributed by atoms with Crippen LogP contribution in [0.5, 0.6) is 0 Å². The third kappa shape index (κ3) is 3.89. The van der Waals surface area contributed by atoms with Crippen molar-refractivity contribution in [1.29, 1.82) is 0 Å². The highest BCUT2D eigenvalue weighted by Crippen LogP contribution is 2.40. The molecule has 2 rings (SSSR count). The molecule has 2 aromatic carbocycles. The standard InChI is InChI=1S/C16H11BrClF3/c17-10-14(11-4-2-1-3-5-11)15(16(19,20)21)12-6-8-13(18)9-7-12/h1-9H,10H2/b15-14-. The molecule has 5 heteroatoms. The van der Waals surface area contributed by atoms with Gasteiger partial charge in [-0.15, -0.1) is 0 Å². The lowest BCUT2D eigenvalue weighted by molar-refractivity contribution is -0.0685. The average Bonchev–Trinajstić information content (AvgIpc) is 2.45. The Morgan fingerprint density at radius 3 is 1.95 bits per heavy atom. The number of alkyl halides is 4. The van der Waals surface area contributed by atoms with E-state index in [-0.39, 0.29) is 16.5 Å². The van der Waals surface area contributed by atoms with Crippen LogP contribution in [-0.4, -0.2) is 11.5 Å². The number of benzene rings is 2. The van der Waals surface area contributed by atoms with E-state index in [0.29, 0.717) is 10.6 Å². The molecule has 0 aliphatic rings. The van der Waals surface area contributed by atoms with Crippen molar-refractivity contribution in [3.63, 3.8) is 0 Å². The van der Waals surface area contributed by atoms with Crippen molar-refractivity contribution in [1.82, 2.24) is 0 Å². The number of allylic oxidation sites excluding steroid dienone is 2. The second-order valence-corrected chi connectivity index (χ2v) is 5.36. The molecule has 0 aliphatic heterocycles. The summed E-state index contributed by atoms with van der Waals surface area (Å²) < 4.78 is 40.6. The fourth-order valence-corrected chi connectivity index (χ4v) is 2.78. The summed E-state index contributed by atoms with van der Waals surface area (Å²) in [5.74, 6) is 0. The summed E-state index contributed by atoms with van der Waals surface area (Å²) >= 11 is 8.93. The normalized spacial score (nSPS) is 13.0. The van der Waals surface area contributed by atoms with Gasteiger partial charge in [-0.3, -0.25) is 0 Å². The van der Waals surface area contributed by atoms with E-state index in [1.165, 1.54) is 24.3 Å². The lowest BCUT2D eigenvalue weighted by Gasteiger charge is -2.17. The first-order valence-corrected chi connectivity index (χ1v) is 7.61. The van der Waals surface area contributed by atoms with Gasteiger partial charge in [-0.2, -0.15) is 13.2 Å². The second kappa shape index (κ2) is 6.67. The van der Waals surface area contributed by atoms with Crippen LogP contribution in [0.1, 0.15) is 11.1 Å². The van der Waals surface area contributed by atoms with Crippen molar-refractivity contribution in [2.75, 3.05) is 5.33 Å². The fraction of sp³-hybridized carbons (Fsp3) is 0.125. The SMILES string of the molecule is FC(F)(F)/C(=C(/CBr)c1ccccc1)c1ccc(Cl)cc1. The molecule has 110 valence electrons. The molecule has 0 unspecified atom stereocenters. The highest BCUT2D eigenvalue weighted by Gasteiger charge is 2.37. The van der Waals surface area contributed by atoms with Gasteiger partial charge in [-0.1, -0.05) is 70.0 Å². The molecule has 0 heterocycles. The lowest BCUT2D eigenvalue weighted by Crippen LogP contribution is -2.13. The maximum absolute atomic E-state index is 13.5. The number of rotatable bonds is 3. The van der Waals surface area contributed by atoms with Crippen molar-refractivity contribution in [2.45, 2.75) is 6.18 Å². The van der Waals surface area contributed by atoms with Crippen LogP contribution in [0.2, 0.25) is 5.02 Å². The second-order valence-electron chi connectivity index (χ2n) is 4.36. The summed E-state index contributed by atoms with van der Waals surface area (Å²) in [5.41, 5.74) is 0.189. The number of hydrogen-bond donors (Lipinski definition) is 0. The molecule has 0 amide bonds. The van der Waals surface area contributed by atoms with Crippen LogP contribution in [0.3, 0.4) is 0 Å². The van der Waals surface area contributed by atoms with Gasteiger partial charge >= 0.3 is 6.18 Å². The van der Waals surface area contributed by atoms with Gasteiger partial charge in [-0.25, -0.2) is 0 Å². The summed E-state index contributed by atoms with van der Waals surface area (Å²) in [5, 5.41) is 0.509. The Bertz CT molecular complexity index is 631. The molecule has 0 aromatic heterocycles. The van der Waals surface area contributed by atoms with E-state index < -0.39 is 11.7 Å². The lowest BCUT2D eigenvalue weighted by atomic mass is 9.95. The molecule has 0 fully saturated rings. The first-order chi connectivity index (χ1) is 9.93. The van der Waals surface area contributed by atoms with Gasteiger partial charge in [0.1, 0.15) is 0 Å². The zero-order valence-electron chi connectivity index (χ0n) is 10.8. The van der Waals surface area contributed by atoms with E-state index in [2.05, 4.69) is 15.9 Å². The first kappa shape index (κ1) is 16.1. The maximum Gasteiger partial charge on any atom is 0.417 e. The van der Waals surface area contributed by atoms with E-state index in [0.717, 1.165) is 0 Å². The van der Waals surface area contributed by atoms with Gasteiger partial charge in [0.25, 0.3) is 0 Å². The van der Waals surface area contributed by atoms with E-state index in [1.54, 1.807) is 30.3 Å². The van der Waals surface area contributed by atoms with Crippen molar-refractivity contribution >= 4 is 38.7 Å². The topological polar surface area (TPSA) is 0 Å². The minimum absolute atomic E-state index is 0.102. The molecule has 0 spiro atoms. The quantitative estimate of drug-likeness (QED) is 0.442. The predicted octanol–water partition coefficient (Wildman–Crippen LogP) is 6.21. The molecule has 0 saturated heterocycles. The smallest absolute Gasteiger partial charge is 0.166 e. The minimum Gasteiger partial charge on any atom is -0.166 e. The van der Waals surface area contributed by atoms with Crippen LogP contribution in [0.15, 0.2) is 54.6 Å². The minimum atomic E-state index is -4.45. The monoisotopic (exact) mass is 374 g/mol. The first-order valence-electron chi connectivity index (χ1n) is 6.11. The molecule has 2 aromatic rings. The van der Waals surface area contributed by atoms with Crippen LogP contribution in [0.25, 0.3) is 11.1 Å². The molecule has 0 saturated carbocycles. The Hall–Kier alpha value is -1.26. The largest absolute Gasteiger partial charge is 0.417 e. The molecule has 0 atom stereocenters. The van der Waals surface area contributed by atoms with E-state index in [1.807, 2.05) is 0 Å². The third-order valence-electron chi connectivity index (χ3n) is 2.97. The summed E-state index contributed by atoms with van der Waals surface area (Å²) in [7, 11) is 0. The van der Waals surface area contributed by atoms with Crippen LogP contribution in [0, 0.1) is 0 Å². The molecule has 0 bridgehead atoms.